The maximum atomic E-state index is 12.3. The third-order valence-electron chi connectivity index (χ3n) is 7.07. The van der Waals surface area contributed by atoms with Gasteiger partial charge in [0.2, 0.25) is 0 Å². The first-order chi connectivity index (χ1) is 7.83. The summed E-state index contributed by atoms with van der Waals surface area (Å²) in [5, 5.41) is 0. The molecule has 0 aromatic rings. The van der Waals surface area contributed by atoms with E-state index in [-0.39, 0.29) is 0 Å². The van der Waals surface area contributed by atoms with Crippen molar-refractivity contribution in [1.29, 1.82) is 0 Å². The molecule has 1 heteroatoms. The topological polar surface area (TPSA) is 17.1 Å². The highest BCUT2D eigenvalue weighted by atomic mass is 16.1. The van der Waals surface area contributed by atoms with Gasteiger partial charge in [-0.15, -0.1) is 0 Å². The maximum absolute atomic E-state index is 12.3. The Morgan fingerprint density at radius 1 is 1.12 bits per heavy atom. The van der Waals surface area contributed by atoms with E-state index in [9.17, 15) is 4.79 Å². The average Bonchev–Trinajstić information content (AvgIpc) is 2.61. The Balaban J connectivity index is 2.09. The van der Waals surface area contributed by atoms with Gasteiger partial charge in [0, 0.05) is 12.3 Å². The number of ketones is 1. The van der Waals surface area contributed by atoms with E-state index in [0.29, 0.717) is 27.9 Å². The van der Waals surface area contributed by atoms with Crippen LogP contribution in [0.25, 0.3) is 0 Å². The highest BCUT2D eigenvalue weighted by molar-refractivity contribution is 5.85. The van der Waals surface area contributed by atoms with E-state index in [1.54, 1.807) is 0 Å². The van der Waals surface area contributed by atoms with Crippen LogP contribution in [0.5, 0.6) is 0 Å². The van der Waals surface area contributed by atoms with Crippen LogP contribution < -0.4 is 0 Å². The lowest BCUT2D eigenvalue weighted by atomic mass is 9.52. The van der Waals surface area contributed by atoms with Crippen LogP contribution >= 0.6 is 0 Å². The summed E-state index contributed by atoms with van der Waals surface area (Å²) in [5.41, 5.74) is 1.14. The Hall–Kier alpha value is -0.330. The van der Waals surface area contributed by atoms with E-state index in [4.69, 9.17) is 0 Å². The van der Waals surface area contributed by atoms with Crippen molar-refractivity contribution in [2.45, 2.75) is 66.2 Å². The fraction of sp³-hybridized carbons (Fsp3) is 0.938. The lowest BCUT2D eigenvalue weighted by Crippen LogP contribution is -2.45. The van der Waals surface area contributed by atoms with Crippen molar-refractivity contribution in [2.75, 3.05) is 0 Å². The van der Waals surface area contributed by atoms with Crippen molar-refractivity contribution in [2.24, 2.45) is 28.1 Å². The fourth-order valence-corrected chi connectivity index (χ4v) is 5.88. The second-order valence-electron chi connectivity index (χ2n) is 7.87. The van der Waals surface area contributed by atoms with Crippen LogP contribution in [-0.2, 0) is 4.79 Å². The van der Waals surface area contributed by atoms with Gasteiger partial charge in [-0.25, -0.2) is 0 Å². The minimum absolute atomic E-state index is 0.307. The number of hydrogen-bond donors (Lipinski definition) is 0. The monoisotopic (exact) mass is 234 g/mol. The van der Waals surface area contributed by atoms with Gasteiger partial charge < -0.3 is 0 Å². The van der Waals surface area contributed by atoms with E-state index < -0.39 is 0 Å². The first-order valence-corrected chi connectivity index (χ1v) is 7.36. The van der Waals surface area contributed by atoms with Crippen molar-refractivity contribution < 1.29 is 4.79 Å². The van der Waals surface area contributed by atoms with Gasteiger partial charge >= 0.3 is 0 Å². The summed E-state index contributed by atoms with van der Waals surface area (Å²) in [5.74, 6) is 1.65. The van der Waals surface area contributed by atoms with E-state index in [1.165, 1.54) is 32.1 Å². The lowest BCUT2D eigenvalue weighted by molar-refractivity contribution is -0.122. The molecule has 3 saturated carbocycles. The second kappa shape index (κ2) is 3.16. The van der Waals surface area contributed by atoms with Crippen LogP contribution in [0.3, 0.4) is 0 Å². The van der Waals surface area contributed by atoms with Gasteiger partial charge in [-0.1, -0.05) is 34.1 Å². The Morgan fingerprint density at radius 3 is 2.53 bits per heavy atom. The Labute approximate surface area is 105 Å². The molecule has 1 nitrogen and oxygen atoms in total. The molecule has 3 aliphatic rings. The quantitative estimate of drug-likeness (QED) is 0.613. The molecule has 4 atom stereocenters. The smallest absolute Gasteiger partial charge is 0.136 e. The van der Waals surface area contributed by atoms with E-state index in [0.717, 1.165) is 12.3 Å². The zero-order valence-electron chi connectivity index (χ0n) is 11.8. The molecule has 96 valence electrons. The first kappa shape index (κ1) is 11.7. The fourth-order valence-electron chi connectivity index (χ4n) is 5.88. The summed E-state index contributed by atoms with van der Waals surface area (Å²) in [4.78, 5) is 12.3. The molecule has 0 unspecified atom stereocenters. The predicted molar refractivity (Wildman–Crippen MR) is 69.7 cm³/mol. The Bertz CT molecular complexity index is 370. The molecule has 0 heterocycles. The number of hydrogen-bond acceptors (Lipinski definition) is 1. The highest BCUT2D eigenvalue weighted by Gasteiger charge is 2.68. The van der Waals surface area contributed by atoms with Crippen LogP contribution in [0.15, 0.2) is 0 Å². The lowest BCUT2D eigenvalue weighted by Gasteiger charge is -2.52. The van der Waals surface area contributed by atoms with E-state index >= 15 is 0 Å². The maximum Gasteiger partial charge on any atom is 0.136 e. The van der Waals surface area contributed by atoms with Crippen LogP contribution in [0.1, 0.15) is 66.2 Å². The third-order valence-corrected chi connectivity index (χ3v) is 7.07. The molecule has 0 N–H and O–H groups in total. The average molecular weight is 234 g/mol. The van der Waals surface area contributed by atoms with Crippen molar-refractivity contribution >= 4 is 5.78 Å². The Kier molecular flexibility index (Phi) is 2.18. The summed E-state index contributed by atoms with van der Waals surface area (Å²) in [7, 11) is 0. The minimum Gasteiger partial charge on any atom is -0.299 e. The molecule has 0 aromatic heterocycles. The van der Waals surface area contributed by atoms with Crippen molar-refractivity contribution in [3.63, 3.8) is 0 Å². The molecule has 3 fully saturated rings. The van der Waals surface area contributed by atoms with Crippen LogP contribution in [0.2, 0.25) is 0 Å². The van der Waals surface area contributed by atoms with Gasteiger partial charge in [0.05, 0.1) is 0 Å². The molecular weight excluding hydrogens is 208 g/mol. The molecule has 0 aromatic carbocycles. The van der Waals surface area contributed by atoms with Crippen molar-refractivity contribution in [1.82, 2.24) is 0 Å². The predicted octanol–water partition coefficient (Wildman–Crippen LogP) is 4.21. The molecule has 3 aliphatic carbocycles. The second-order valence-corrected chi connectivity index (χ2v) is 7.87. The largest absolute Gasteiger partial charge is 0.299 e. The van der Waals surface area contributed by atoms with Gasteiger partial charge in [-0.05, 0) is 47.8 Å². The van der Waals surface area contributed by atoms with E-state index in [1.807, 2.05) is 0 Å². The molecule has 0 bridgehead atoms. The van der Waals surface area contributed by atoms with Gasteiger partial charge in [0.1, 0.15) is 5.78 Å². The zero-order chi connectivity index (χ0) is 12.5. The summed E-state index contributed by atoms with van der Waals surface area (Å²) in [6.45, 7) is 9.50. The number of Topliss-reactive ketones (excluding diaryl/α,β-unsaturated/α-hetero) is 1. The molecule has 0 amide bonds. The number of rotatable bonds is 0. The number of carbonyl (C=O) groups excluding carboxylic acids is 1. The van der Waals surface area contributed by atoms with Crippen LogP contribution in [-0.4, -0.2) is 5.78 Å². The molecular formula is C16H26O. The first-order valence-electron chi connectivity index (χ1n) is 7.36. The van der Waals surface area contributed by atoms with Gasteiger partial charge in [0.15, 0.2) is 0 Å². The zero-order valence-corrected chi connectivity index (χ0v) is 11.8. The SMILES string of the molecule is C[C@@H]1C(=O)C[C@@]23CCCC(C)(C)[C@H]2CC[C@@]13C. The standard InChI is InChI=1S/C16H26O/c1-11-12(17)10-16-8-5-7-14(2,3)13(16)6-9-15(11,16)4/h11,13H,5-10H2,1-4H3/t11-,13-,15+,16+/m1/s1. The summed E-state index contributed by atoms with van der Waals surface area (Å²) in [6, 6.07) is 0. The minimum atomic E-state index is 0.307. The van der Waals surface area contributed by atoms with Crippen LogP contribution in [0, 0.1) is 28.1 Å². The summed E-state index contributed by atoms with van der Waals surface area (Å²) in [6.07, 6.45) is 7.54. The molecule has 0 radical (unpaired) electrons. The third kappa shape index (κ3) is 1.19. The van der Waals surface area contributed by atoms with Crippen molar-refractivity contribution in [3.8, 4) is 0 Å². The highest BCUT2D eigenvalue weighted by Crippen LogP contribution is 2.73. The molecule has 1 spiro atoms. The van der Waals surface area contributed by atoms with Gasteiger partial charge in [0.25, 0.3) is 0 Å². The molecule has 3 rings (SSSR count). The number of carbonyl (C=O) groups is 1. The summed E-state index contributed by atoms with van der Waals surface area (Å²) < 4.78 is 0. The van der Waals surface area contributed by atoms with E-state index in [2.05, 4.69) is 27.7 Å². The van der Waals surface area contributed by atoms with Crippen LogP contribution in [0.4, 0.5) is 0 Å². The van der Waals surface area contributed by atoms with Gasteiger partial charge in [-0.3, -0.25) is 4.79 Å². The summed E-state index contributed by atoms with van der Waals surface area (Å²) >= 11 is 0. The Morgan fingerprint density at radius 2 is 1.82 bits per heavy atom. The van der Waals surface area contributed by atoms with Gasteiger partial charge in [-0.2, -0.15) is 0 Å². The molecule has 0 aliphatic heterocycles. The normalized spacial score (nSPS) is 52.4. The molecule has 0 saturated heterocycles. The van der Waals surface area contributed by atoms with Crippen molar-refractivity contribution in [3.05, 3.63) is 0 Å². The molecule has 17 heavy (non-hydrogen) atoms.